The van der Waals surface area contributed by atoms with Crippen molar-refractivity contribution < 1.29 is 9.53 Å². The predicted octanol–water partition coefficient (Wildman–Crippen LogP) is -0.160. The molecule has 0 aliphatic rings. The van der Waals surface area contributed by atoms with Gasteiger partial charge in [-0.1, -0.05) is 0 Å². The molecule has 1 amide bonds. The van der Waals surface area contributed by atoms with Gasteiger partial charge in [-0.25, -0.2) is 0 Å². The molecule has 0 heterocycles. The summed E-state index contributed by atoms with van der Waals surface area (Å²) in [4.78, 5) is 11.1. The summed E-state index contributed by atoms with van der Waals surface area (Å²) < 4.78 is 4.34. The third-order valence-electron chi connectivity index (χ3n) is 0.475. The van der Waals surface area contributed by atoms with Crippen molar-refractivity contribution in [3.63, 3.8) is 0 Å². The topological polar surface area (TPSA) is 29.5 Å². The van der Waals surface area contributed by atoms with Gasteiger partial charge in [0.1, 0.15) is 6.73 Å². The van der Waals surface area contributed by atoms with Gasteiger partial charge in [-0.15, -0.1) is 0 Å². The van der Waals surface area contributed by atoms with Crippen LogP contribution >= 0.6 is 0 Å². The van der Waals surface area contributed by atoms with Crippen molar-refractivity contribution >= 4 is 6.41 Å². The molecule has 0 bridgehead atoms. The largest absolute Gasteiger partial charge is 0.359 e. The van der Waals surface area contributed by atoms with Crippen LogP contribution in [0.25, 0.3) is 0 Å². The van der Waals surface area contributed by atoms with Gasteiger partial charge >= 0.3 is 0 Å². The lowest BCUT2D eigenvalue weighted by atomic mass is 10.9. The van der Waals surface area contributed by atoms with Gasteiger partial charge in [-0.3, -0.25) is 4.79 Å². The summed E-state index contributed by atoms with van der Waals surface area (Å²) in [5.74, 6) is 0. The molecule has 0 spiro atoms. The van der Waals surface area contributed by atoms with Gasteiger partial charge in [-0.05, 0) is 0 Å². The van der Waals surface area contributed by atoms with Gasteiger partial charge in [0, 0.05) is 7.05 Å². The maximum Gasteiger partial charge on any atom is 0.211 e. The number of amides is 1. The Morgan fingerprint density at radius 1 is 2.00 bits per heavy atom. The van der Waals surface area contributed by atoms with Gasteiger partial charge in [0.2, 0.25) is 6.41 Å². The van der Waals surface area contributed by atoms with E-state index in [9.17, 15) is 4.79 Å². The summed E-state index contributed by atoms with van der Waals surface area (Å²) in [6.45, 7) is 0.253. The number of hydrogen-bond donors (Lipinski definition) is 0. The minimum atomic E-state index is 0.253. The highest BCUT2D eigenvalue weighted by Crippen LogP contribution is 1.72. The molecule has 7 heavy (non-hydrogen) atoms. The molecule has 0 atom stereocenters. The molecule has 0 aliphatic carbocycles. The first-order chi connectivity index (χ1) is 3.31. The molecule has 0 aromatic carbocycles. The third-order valence-corrected chi connectivity index (χ3v) is 0.475. The Morgan fingerprint density at radius 3 is 2.71 bits per heavy atom. The lowest BCUT2D eigenvalue weighted by Gasteiger charge is -2.05. The molecule has 1 radical (unpaired) electrons. The van der Waals surface area contributed by atoms with Gasteiger partial charge in [0.05, 0.1) is 7.11 Å². The van der Waals surface area contributed by atoms with E-state index in [0.29, 0.717) is 6.41 Å². The van der Waals surface area contributed by atoms with Gasteiger partial charge in [0.15, 0.2) is 0 Å². The van der Waals surface area contributed by atoms with Crippen LogP contribution in [0.1, 0.15) is 0 Å². The Labute approximate surface area is 42.9 Å². The maximum atomic E-state index is 9.71. The molecule has 0 aromatic rings. The first-order valence-electron chi connectivity index (χ1n) is 1.83. The molecule has 0 saturated carbocycles. The number of nitrogens with zero attached hydrogens (tertiary/aromatic N) is 1. The van der Waals surface area contributed by atoms with Gasteiger partial charge < -0.3 is 9.64 Å². The van der Waals surface area contributed by atoms with E-state index in [4.69, 9.17) is 0 Å². The number of carbonyl (C=O) groups excluding carboxylic acids is 1. The maximum absolute atomic E-state index is 9.71. The quantitative estimate of drug-likeness (QED) is 0.366. The summed E-state index contributed by atoms with van der Waals surface area (Å²) in [5, 5.41) is 0. The zero-order valence-corrected chi connectivity index (χ0v) is 4.26. The Kier molecular flexibility index (Phi) is 3.32. The number of hydrogen-bond acceptors (Lipinski definition) is 2. The summed E-state index contributed by atoms with van der Waals surface area (Å²) in [6.07, 6.45) is 0.672. The normalized spacial score (nSPS) is 8.29. The molecule has 0 aromatic heterocycles. The molecule has 3 heteroatoms. The molecule has 0 aliphatic heterocycles. The van der Waals surface area contributed by atoms with Crippen molar-refractivity contribution in [1.82, 2.24) is 4.90 Å². The smallest absolute Gasteiger partial charge is 0.211 e. The Balaban J connectivity index is 2.98. The highest BCUT2D eigenvalue weighted by molar-refractivity contribution is 5.45. The fourth-order valence-corrected chi connectivity index (χ4v) is 0.174. The van der Waals surface area contributed by atoms with Crippen LogP contribution in [0.3, 0.4) is 0 Å². The van der Waals surface area contributed by atoms with Crippen LogP contribution in [0, 0.1) is 7.11 Å². The van der Waals surface area contributed by atoms with E-state index in [1.165, 1.54) is 4.90 Å². The first-order valence-corrected chi connectivity index (χ1v) is 1.83. The van der Waals surface area contributed by atoms with E-state index in [-0.39, 0.29) is 6.73 Å². The van der Waals surface area contributed by atoms with Gasteiger partial charge in [-0.2, -0.15) is 0 Å². The monoisotopic (exact) mass is 102 g/mol. The van der Waals surface area contributed by atoms with E-state index < -0.39 is 0 Å². The Morgan fingerprint density at radius 2 is 2.57 bits per heavy atom. The van der Waals surface area contributed by atoms with Crippen LogP contribution in [-0.2, 0) is 9.53 Å². The number of carbonyl (C=O) groups is 1. The lowest BCUT2D eigenvalue weighted by Crippen LogP contribution is -2.17. The minimum Gasteiger partial charge on any atom is -0.359 e. The molecule has 3 nitrogen and oxygen atoms in total. The second kappa shape index (κ2) is 3.61. The van der Waals surface area contributed by atoms with E-state index in [1.54, 1.807) is 7.05 Å². The Hall–Kier alpha value is -0.570. The van der Waals surface area contributed by atoms with Crippen molar-refractivity contribution in [1.29, 1.82) is 0 Å². The second-order valence-corrected chi connectivity index (χ2v) is 1.20. The summed E-state index contributed by atoms with van der Waals surface area (Å²) in [7, 11) is 4.68. The standard InChI is InChI=1S/C4H8NO2/c1-5(3-6)4-7-2/h3H,2,4H2,1H3. The van der Waals surface area contributed by atoms with Crippen LogP contribution in [-0.4, -0.2) is 25.1 Å². The second-order valence-electron chi connectivity index (χ2n) is 1.20. The Bertz CT molecular complexity index is 55.7. The minimum absolute atomic E-state index is 0.253. The molecular weight excluding hydrogens is 94.0 g/mol. The van der Waals surface area contributed by atoms with Crippen LogP contribution in [0.4, 0.5) is 0 Å². The molecule has 0 N–H and O–H groups in total. The third kappa shape index (κ3) is 3.26. The molecule has 0 rings (SSSR count). The predicted molar refractivity (Wildman–Crippen MR) is 25.1 cm³/mol. The highest BCUT2D eigenvalue weighted by Gasteiger charge is 1.84. The molecular formula is C4H8NO2. The van der Waals surface area contributed by atoms with Crippen LogP contribution in [0.15, 0.2) is 0 Å². The van der Waals surface area contributed by atoms with E-state index in [2.05, 4.69) is 11.8 Å². The van der Waals surface area contributed by atoms with Crippen molar-refractivity contribution in [3.8, 4) is 0 Å². The van der Waals surface area contributed by atoms with Crippen molar-refractivity contribution in [3.05, 3.63) is 7.11 Å². The zero-order chi connectivity index (χ0) is 5.70. The molecule has 41 valence electrons. The molecule has 0 unspecified atom stereocenters. The van der Waals surface area contributed by atoms with Crippen LogP contribution < -0.4 is 0 Å². The average Bonchev–Trinajstić information content (AvgIpc) is 1.68. The first kappa shape index (κ1) is 6.43. The highest BCUT2D eigenvalue weighted by atomic mass is 16.5. The van der Waals surface area contributed by atoms with E-state index in [0.717, 1.165) is 0 Å². The average molecular weight is 102 g/mol. The fraction of sp³-hybridized carbons (Fsp3) is 0.500. The zero-order valence-electron chi connectivity index (χ0n) is 4.26. The van der Waals surface area contributed by atoms with Crippen molar-refractivity contribution in [2.75, 3.05) is 13.8 Å². The molecule has 0 fully saturated rings. The van der Waals surface area contributed by atoms with Crippen molar-refractivity contribution in [2.24, 2.45) is 0 Å². The summed E-state index contributed by atoms with van der Waals surface area (Å²) in [5.41, 5.74) is 0. The summed E-state index contributed by atoms with van der Waals surface area (Å²) >= 11 is 0. The fourth-order valence-electron chi connectivity index (χ4n) is 0.174. The van der Waals surface area contributed by atoms with Crippen LogP contribution in [0.5, 0.6) is 0 Å². The number of rotatable bonds is 3. The van der Waals surface area contributed by atoms with Crippen molar-refractivity contribution in [2.45, 2.75) is 0 Å². The number of ether oxygens (including phenoxy) is 1. The lowest BCUT2D eigenvalue weighted by molar-refractivity contribution is -0.120. The van der Waals surface area contributed by atoms with E-state index in [1.807, 2.05) is 0 Å². The van der Waals surface area contributed by atoms with E-state index >= 15 is 0 Å². The SMILES string of the molecule is [CH2]OCN(C)C=O. The molecule has 0 saturated heterocycles. The van der Waals surface area contributed by atoms with Gasteiger partial charge in [0.25, 0.3) is 0 Å². The van der Waals surface area contributed by atoms with Crippen LogP contribution in [0.2, 0.25) is 0 Å². The summed E-state index contributed by atoms with van der Waals surface area (Å²) in [6, 6.07) is 0.